The number of carbonyl (C=O) groups is 1. The Morgan fingerprint density at radius 3 is 2.48 bits per heavy atom. The van der Waals surface area contributed by atoms with E-state index in [1.807, 2.05) is 6.92 Å². The van der Waals surface area contributed by atoms with Crippen LogP contribution in [0.15, 0.2) is 29.2 Å². The summed E-state index contributed by atoms with van der Waals surface area (Å²) in [5.41, 5.74) is 3.10. The van der Waals surface area contributed by atoms with Crippen LogP contribution in [0.2, 0.25) is 0 Å². The molecule has 2 aliphatic heterocycles. The molecule has 6 nitrogen and oxygen atoms in total. The van der Waals surface area contributed by atoms with E-state index in [1.54, 1.807) is 47.8 Å². The van der Waals surface area contributed by atoms with E-state index in [1.165, 1.54) is 4.31 Å². The van der Waals surface area contributed by atoms with Crippen molar-refractivity contribution in [2.24, 2.45) is 5.84 Å². The first-order valence-electron chi connectivity index (χ1n) is 7.25. The van der Waals surface area contributed by atoms with Gasteiger partial charge < -0.3 is 0 Å². The van der Waals surface area contributed by atoms with E-state index in [-0.39, 0.29) is 8.97 Å². The Labute approximate surface area is 144 Å². The Balaban J connectivity index is 1.97. The summed E-state index contributed by atoms with van der Waals surface area (Å²) in [6.07, 6.45) is 0.483. The number of rotatable bonds is 3. The fraction of sp³-hybridized carbons (Fsp3) is 0.500. The number of hydrazine groups is 1. The van der Waals surface area contributed by atoms with Gasteiger partial charge in [0.2, 0.25) is 10.0 Å². The van der Waals surface area contributed by atoms with Gasteiger partial charge in [0, 0.05) is 18.1 Å². The molecule has 1 aromatic rings. The minimum atomic E-state index is -3.73. The summed E-state index contributed by atoms with van der Waals surface area (Å²) in [6, 6.07) is 5.93. The maximum absolute atomic E-state index is 13.0. The van der Waals surface area contributed by atoms with Crippen LogP contribution in [-0.4, -0.2) is 46.8 Å². The molecule has 3 rings (SSSR count). The predicted octanol–water partition coefficient (Wildman–Crippen LogP) is 0.924. The van der Waals surface area contributed by atoms with Crippen LogP contribution in [-0.2, 0) is 14.8 Å². The van der Waals surface area contributed by atoms with Gasteiger partial charge in [0.25, 0.3) is 5.91 Å². The molecule has 0 saturated carbocycles. The van der Waals surface area contributed by atoms with Crippen molar-refractivity contribution in [3.05, 3.63) is 29.8 Å². The molecule has 0 radical (unpaired) electrons. The van der Waals surface area contributed by atoms with Crippen molar-refractivity contribution in [3.63, 3.8) is 0 Å². The molecule has 126 valence electrons. The first-order valence-corrected chi connectivity index (χ1v) is 10.7. The molecule has 0 unspecified atom stereocenters. The number of sulfonamides is 1. The highest BCUT2D eigenvalue weighted by Crippen LogP contribution is 2.52. The van der Waals surface area contributed by atoms with Crippen LogP contribution in [0.3, 0.4) is 0 Å². The molecule has 1 aromatic carbocycles. The third-order valence-electron chi connectivity index (χ3n) is 4.13. The zero-order valence-electron chi connectivity index (χ0n) is 12.7. The lowest BCUT2D eigenvalue weighted by molar-refractivity contribution is -0.124. The van der Waals surface area contributed by atoms with Crippen LogP contribution in [0.5, 0.6) is 0 Å². The number of nitrogens with two attached hydrogens (primary N) is 1. The number of carbonyl (C=O) groups excluding carboxylic acids is 1. The molecular weight excluding hydrogens is 354 g/mol. The number of aryl methyl sites for hydroxylation is 1. The molecular formula is C14H19N3O3S3. The van der Waals surface area contributed by atoms with Gasteiger partial charge in [0.05, 0.1) is 8.97 Å². The summed E-state index contributed by atoms with van der Waals surface area (Å²) in [4.78, 5) is 12.3. The molecule has 1 atom stereocenters. The van der Waals surface area contributed by atoms with Crippen molar-refractivity contribution in [3.8, 4) is 0 Å². The molecule has 2 saturated heterocycles. The summed E-state index contributed by atoms with van der Waals surface area (Å²) in [6.45, 7) is 2.23. The summed E-state index contributed by atoms with van der Waals surface area (Å²) in [5.74, 6) is 6.76. The van der Waals surface area contributed by atoms with Crippen molar-refractivity contribution >= 4 is 39.5 Å². The van der Waals surface area contributed by atoms with Crippen LogP contribution < -0.4 is 11.3 Å². The minimum Gasteiger partial charge on any atom is -0.293 e. The van der Waals surface area contributed by atoms with Crippen molar-refractivity contribution in [1.29, 1.82) is 0 Å². The normalized spacial score (nSPS) is 24.2. The van der Waals surface area contributed by atoms with Crippen molar-refractivity contribution < 1.29 is 13.2 Å². The lowest BCUT2D eigenvalue weighted by Crippen LogP contribution is -2.47. The zero-order valence-corrected chi connectivity index (χ0v) is 15.1. The number of benzene rings is 1. The van der Waals surface area contributed by atoms with Crippen molar-refractivity contribution in [2.75, 3.05) is 18.1 Å². The second-order valence-electron chi connectivity index (χ2n) is 5.70. The van der Waals surface area contributed by atoms with E-state index in [9.17, 15) is 13.2 Å². The van der Waals surface area contributed by atoms with Crippen LogP contribution in [0.1, 0.15) is 12.0 Å². The summed E-state index contributed by atoms with van der Waals surface area (Å²) >= 11 is 3.47. The Hall–Kier alpha value is -0.740. The molecule has 0 aromatic heterocycles. The third kappa shape index (κ3) is 3.12. The van der Waals surface area contributed by atoms with E-state index < -0.39 is 22.0 Å². The van der Waals surface area contributed by atoms with Gasteiger partial charge in [-0.15, -0.1) is 23.5 Å². The van der Waals surface area contributed by atoms with E-state index in [4.69, 9.17) is 5.84 Å². The van der Waals surface area contributed by atoms with Gasteiger partial charge in [-0.05, 0) is 25.5 Å². The highest BCUT2D eigenvalue weighted by atomic mass is 32.2. The Kier molecular flexibility index (Phi) is 4.67. The highest BCUT2D eigenvalue weighted by molar-refractivity contribution is 8.21. The molecule has 2 heterocycles. The van der Waals surface area contributed by atoms with Gasteiger partial charge in [-0.2, -0.15) is 4.31 Å². The van der Waals surface area contributed by atoms with E-state index in [0.29, 0.717) is 13.0 Å². The first kappa shape index (κ1) is 17.1. The van der Waals surface area contributed by atoms with Crippen molar-refractivity contribution in [2.45, 2.75) is 28.4 Å². The van der Waals surface area contributed by atoms with Gasteiger partial charge in [0.1, 0.15) is 6.04 Å². The molecule has 23 heavy (non-hydrogen) atoms. The van der Waals surface area contributed by atoms with Crippen molar-refractivity contribution in [1.82, 2.24) is 9.73 Å². The molecule has 0 aliphatic carbocycles. The summed E-state index contributed by atoms with van der Waals surface area (Å²) < 4.78 is 27.1. The largest absolute Gasteiger partial charge is 0.293 e. The number of nitrogens with zero attached hydrogens (tertiary/aromatic N) is 1. The Bertz CT molecular complexity index is 700. The third-order valence-corrected chi connectivity index (χ3v) is 9.43. The van der Waals surface area contributed by atoms with Gasteiger partial charge in [-0.25, -0.2) is 14.3 Å². The second kappa shape index (κ2) is 6.29. The molecule has 2 fully saturated rings. The fourth-order valence-electron chi connectivity index (χ4n) is 2.93. The maximum atomic E-state index is 13.0. The topological polar surface area (TPSA) is 92.5 Å². The highest BCUT2D eigenvalue weighted by Gasteiger charge is 2.53. The first-order chi connectivity index (χ1) is 10.9. The average Bonchev–Trinajstić information content (AvgIpc) is 3.15. The van der Waals surface area contributed by atoms with Crippen LogP contribution >= 0.6 is 23.5 Å². The second-order valence-corrected chi connectivity index (χ2v) is 10.8. The van der Waals surface area contributed by atoms with Gasteiger partial charge in [0.15, 0.2) is 0 Å². The summed E-state index contributed by atoms with van der Waals surface area (Å²) in [7, 11) is -3.73. The van der Waals surface area contributed by atoms with Gasteiger partial charge >= 0.3 is 0 Å². The van der Waals surface area contributed by atoms with Gasteiger partial charge in [-0.3, -0.25) is 10.2 Å². The number of amides is 1. The smallest absolute Gasteiger partial charge is 0.252 e. The molecule has 1 spiro atoms. The van der Waals surface area contributed by atoms with E-state index in [2.05, 4.69) is 5.43 Å². The Morgan fingerprint density at radius 2 is 1.91 bits per heavy atom. The number of hydrogen-bond donors (Lipinski definition) is 2. The van der Waals surface area contributed by atoms with Gasteiger partial charge in [-0.1, -0.05) is 17.7 Å². The van der Waals surface area contributed by atoms with Crippen LogP contribution in [0.25, 0.3) is 0 Å². The number of hydrogen-bond acceptors (Lipinski definition) is 6. The molecule has 2 aliphatic rings. The summed E-state index contributed by atoms with van der Waals surface area (Å²) in [5, 5.41) is 0. The van der Waals surface area contributed by atoms with E-state index >= 15 is 0 Å². The average molecular weight is 374 g/mol. The standard InChI is InChI=1S/C14H19N3O3S3/c1-10-2-4-11(5-3-10)23(19,20)17-9-14(21-6-7-22-14)8-12(17)13(18)16-15/h2-5,12H,6-9,15H2,1H3,(H,16,18)/t12-/m0/s1. The molecule has 0 bridgehead atoms. The lowest BCUT2D eigenvalue weighted by atomic mass is 10.2. The van der Waals surface area contributed by atoms with E-state index in [0.717, 1.165) is 17.1 Å². The quantitative estimate of drug-likeness (QED) is 0.465. The van der Waals surface area contributed by atoms with Crippen LogP contribution in [0.4, 0.5) is 0 Å². The monoisotopic (exact) mass is 373 g/mol. The van der Waals surface area contributed by atoms with Crippen LogP contribution in [0, 0.1) is 6.92 Å². The minimum absolute atomic E-state index is 0.211. The number of thioether (sulfide) groups is 2. The molecule has 1 amide bonds. The fourth-order valence-corrected chi connectivity index (χ4v) is 8.00. The zero-order chi connectivity index (χ0) is 16.7. The predicted molar refractivity (Wildman–Crippen MR) is 93.5 cm³/mol. The SMILES string of the molecule is Cc1ccc(S(=O)(=O)N2CC3(C[C@H]2C(=O)NN)SCCS3)cc1. The number of nitrogens with one attached hydrogen (secondary N) is 1. The lowest BCUT2D eigenvalue weighted by Gasteiger charge is -2.23. The Morgan fingerprint density at radius 1 is 1.30 bits per heavy atom. The molecule has 9 heteroatoms. The molecule has 3 N–H and O–H groups in total. The maximum Gasteiger partial charge on any atom is 0.252 e.